The summed E-state index contributed by atoms with van der Waals surface area (Å²) in [4.78, 5) is 0. The lowest BCUT2D eigenvalue weighted by molar-refractivity contribution is -0.781. The first kappa shape index (κ1) is 8.99. The molecule has 1 unspecified atom stereocenters. The average Bonchev–Trinajstić information content (AvgIpc) is 3.01. The Morgan fingerprint density at radius 1 is 1.06 bits per heavy atom. The second-order valence-corrected chi connectivity index (χ2v) is 3.41. The Hall–Kier alpha value is -2.27. The molecule has 5 heteroatoms. The van der Waals surface area contributed by atoms with Crippen molar-refractivity contribution in [1.29, 1.82) is 0 Å². The summed E-state index contributed by atoms with van der Waals surface area (Å²) in [5, 5.41) is 16.0. The number of aromatic amines is 1. The quantitative estimate of drug-likeness (QED) is 0.761. The van der Waals surface area contributed by atoms with E-state index in [1.165, 1.54) is 0 Å². The molecule has 0 amide bonds. The molecule has 1 aliphatic heterocycles. The number of hydrogen-bond acceptors (Lipinski definition) is 3. The maximum atomic E-state index is 4.22. The monoisotopic (exact) mass is 212 g/mol. The fraction of sp³-hybridized carbons (Fsp3) is 0. The number of nitrogens with one attached hydrogen (secondary N) is 2. The van der Waals surface area contributed by atoms with E-state index in [1.807, 2.05) is 42.6 Å². The van der Waals surface area contributed by atoms with Crippen molar-refractivity contribution in [3.05, 3.63) is 42.6 Å². The number of nitrogens with zero attached hydrogens (tertiary/aromatic N) is 3. The molecule has 0 spiro atoms. The van der Waals surface area contributed by atoms with Crippen LogP contribution in [0, 0.1) is 0 Å². The Morgan fingerprint density at radius 3 is 2.69 bits per heavy atom. The molecule has 1 aromatic carbocycles. The van der Waals surface area contributed by atoms with Crippen molar-refractivity contribution in [2.24, 2.45) is 5.10 Å². The zero-order valence-electron chi connectivity index (χ0n) is 8.46. The SMILES string of the molecule is C1=C[NH+](c2n[nH]nc2-c2ccccc2)N=C1. The van der Waals surface area contributed by atoms with Crippen LogP contribution in [0.25, 0.3) is 11.3 Å². The molecule has 0 fully saturated rings. The van der Waals surface area contributed by atoms with E-state index in [0.29, 0.717) is 0 Å². The van der Waals surface area contributed by atoms with Crippen LogP contribution in [0.5, 0.6) is 0 Å². The zero-order chi connectivity index (χ0) is 10.8. The summed E-state index contributed by atoms with van der Waals surface area (Å²) >= 11 is 0. The molecule has 0 bridgehead atoms. The lowest BCUT2D eigenvalue weighted by atomic mass is 10.1. The van der Waals surface area contributed by atoms with Gasteiger partial charge in [-0.1, -0.05) is 40.5 Å². The third-order valence-corrected chi connectivity index (χ3v) is 2.39. The van der Waals surface area contributed by atoms with Crippen molar-refractivity contribution in [1.82, 2.24) is 15.4 Å². The Balaban J connectivity index is 2.06. The molecule has 0 radical (unpaired) electrons. The van der Waals surface area contributed by atoms with Gasteiger partial charge in [-0.3, -0.25) is 0 Å². The molecule has 2 heterocycles. The highest BCUT2D eigenvalue weighted by atomic mass is 15.5. The van der Waals surface area contributed by atoms with E-state index in [9.17, 15) is 0 Å². The van der Waals surface area contributed by atoms with Gasteiger partial charge in [0.05, 0.1) is 6.21 Å². The third-order valence-electron chi connectivity index (χ3n) is 2.39. The molecule has 1 aliphatic rings. The fourth-order valence-corrected chi connectivity index (χ4v) is 1.65. The number of rotatable bonds is 2. The van der Waals surface area contributed by atoms with Crippen LogP contribution in [0.1, 0.15) is 0 Å². The molecule has 0 saturated heterocycles. The highest BCUT2D eigenvalue weighted by Gasteiger charge is 2.21. The average molecular weight is 212 g/mol. The number of benzene rings is 1. The van der Waals surface area contributed by atoms with E-state index in [-0.39, 0.29) is 0 Å². The van der Waals surface area contributed by atoms with Gasteiger partial charge < -0.3 is 0 Å². The van der Waals surface area contributed by atoms with Crippen molar-refractivity contribution in [2.75, 3.05) is 0 Å². The van der Waals surface area contributed by atoms with Crippen LogP contribution in [0.4, 0.5) is 5.82 Å². The van der Waals surface area contributed by atoms with Crippen LogP contribution >= 0.6 is 0 Å². The molecule has 16 heavy (non-hydrogen) atoms. The van der Waals surface area contributed by atoms with Crippen molar-refractivity contribution >= 4 is 12.0 Å². The van der Waals surface area contributed by atoms with Crippen molar-refractivity contribution in [3.63, 3.8) is 0 Å². The van der Waals surface area contributed by atoms with Gasteiger partial charge in [0.15, 0.2) is 5.69 Å². The number of allylic oxidation sites excluding steroid dienone is 1. The summed E-state index contributed by atoms with van der Waals surface area (Å²) in [6, 6.07) is 9.94. The summed E-state index contributed by atoms with van der Waals surface area (Å²) < 4.78 is 0. The minimum atomic E-state index is 0.788. The Kier molecular flexibility index (Phi) is 2.08. The predicted octanol–water partition coefficient (Wildman–Crippen LogP) is 0.501. The van der Waals surface area contributed by atoms with Gasteiger partial charge in [0.2, 0.25) is 0 Å². The van der Waals surface area contributed by atoms with Crippen LogP contribution in [0.15, 0.2) is 47.7 Å². The summed E-state index contributed by atoms with van der Waals surface area (Å²) in [7, 11) is 0. The Morgan fingerprint density at radius 2 is 1.94 bits per heavy atom. The van der Waals surface area contributed by atoms with Gasteiger partial charge in [0.1, 0.15) is 6.20 Å². The van der Waals surface area contributed by atoms with Crippen LogP contribution < -0.4 is 5.01 Å². The van der Waals surface area contributed by atoms with Gasteiger partial charge in [0, 0.05) is 11.6 Å². The van der Waals surface area contributed by atoms with Gasteiger partial charge in [-0.15, -0.1) is 10.1 Å². The zero-order valence-corrected chi connectivity index (χ0v) is 8.46. The minimum absolute atomic E-state index is 0.788. The van der Waals surface area contributed by atoms with Crippen molar-refractivity contribution in [2.45, 2.75) is 0 Å². The smallest absolute Gasteiger partial charge is 0.192 e. The second-order valence-electron chi connectivity index (χ2n) is 3.41. The molecule has 1 atom stereocenters. The van der Waals surface area contributed by atoms with Gasteiger partial charge in [0.25, 0.3) is 0 Å². The molecule has 0 saturated carbocycles. The van der Waals surface area contributed by atoms with Gasteiger partial charge >= 0.3 is 5.82 Å². The van der Waals surface area contributed by atoms with E-state index in [2.05, 4.69) is 20.5 Å². The van der Waals surface area contributed by atoms with E-state index in [4.69, 9.17) is 0 Å². The highest BCUT2D eigenvalue weighted by Crippen LogP contribution is 2.20. The van der Waals surface area contributed by atoms with Crippen LogP contribution in [-0.4, -0.2) is 21.6 Å². The van der Waals surface area contributed by atoms with Gasteiger partial charge in [-0.05, 0) is 0 Å². The van der Waals surface area contributed by atoms with Crippen LogP contribution in [-0.2, 0) is 0 Å². The molecule has 5 nitrogen and oxygen atoms in total. The summed E-state index contributed by atoms with van der Waals surface area (Å²) in [6.45, 7) is 0. The molecule has 2 aromatic rings. The summed E-state index contributed by atoms with van der Waals surface area (Å²) in [5.41, 5.74) is 1.87. The topological polar surface area (TPSA) is 58.4 Å². The number of hydrogen-bond donors (Lipinski definition) is 2. The van der Waals surface area contributed by atoms with Crippen molar-refractivity contribution in [3.8, 4) is 11.3 Å². The van der Waals surface area contributed by atoms with Crippen LogP contribution in [0.2, 0.25) is 0 Å². The summed E-state index contributed by atoms with van der Waals surface area (Å²) in [5.74, 6) is 0.788. The Labute approximate surface area is 92.1 Å². The summed E-state index contributed by atoms with van der Waals surface area (Å²) in [6.07, 6.45) is 5.56. The second kappa shape index (κ2) is 3.71. The molecule has 78 valence electrons. The van der Waals surface area contributed by atoms with Crippen LogP contribution in [0.3, 0.4) is 0 Å². The third kappa shape index (κ3) is 1.43. The molecular weight excluding hydrogens is 202 g/mol. The minimum Gasteiger partial charge on any atom is -0.192 e. The predicted molar refractivity (Wildman–Crippen MR) is 60.1 cm³/mol. The first-order chi connectivity index (χ1) is 7.95. The first-order valence-corrected chi connectivity index (χ1v) is 4.99. The maximum Gasteiger partial charge on any atom is 0.304 e. The largest absolute Gasteiger partial charge is 0.304 e. The van der Waals surface area contributed by atoms with E-state index >= 15 is 0 Å². The molecule has 0 aliphatic carbocycles. The maximum absolute atomic E-state index is 4.22. The highest BCUT2D eigenvalue weighted by molar-refractivity contribution is 5.72. The lowest BCUT2D eigenvalue weighted by Crippen LogP contribution is -2.96. The molecular formula is C11H10N5+. The Bertz CT molecular complexity index is 529. The molecule has 3 rings (SSSR count). The number of H-pyrrole nitrogens is 1. The molecule has 2 N–H and O–H groups in total. The number of quaternary nitrogens is 1. The van der Waals surface area contributed by atoms with Crippen molar-refractivity contribution < 1.29 is 5.01 Å². The van der Waals surface area contributed by atoms with E-state index in [0.717, 1.165) is 22.1 Å². The fourth-order valence-electron chi connectivity index (χ4n) is 1.65. The van der Waals surface area contributed by atoms with E-state index < -0.39 is 0 Å². The normalized spacial score (nSPS) is 18.1. The van der Waals surface area contributed by atoms with Gasteiger partial charge in [-0.25, -0.2) is 0 Å². The first-order valence-electron chi connectivity index (χ1n) is 4.99. The van der Waals surface area contributed by atoms with Gasteiger partial charge in [-0.2, -0.15) is 5.21 Å². The standard InChI is InChI=1S/C11H9N5/c1-2-5-9(6-3-1)10-11(14-15-13-10)16-8-4-7-12-16/h1-8H,(H,13,14,15)/p+1. The number of aromatic nitrogens is 3. The van der Waals surface area contributed by atoms with E-state index in [1.54, 1.807) is 6.21 Å². The molecule has 1 aromatic heterocycles. The lowest BCUT2D eigenvalue weighted by Gasteiger charge is -2.01.